The lowest BCUT2D eigenvalue weighted by Crippen LogP contribution is -2.24. The molecule has 0 aromatic carbocycles. The number of rotatable bonds is 5. The molecule has 0 aliphatic heterocycles. The van der Waals surface area contributed by atoms with Crippen LogP contribution in [-0.2, 0) is 19.2 Å². The number of Topliss-reactive ketones (excluding diaryl/α,β-unsaturated/α-hetero) is 1. The van der Waals surface area contributed by atoms with Gasteiger partial charge in [-0.1, -0.05) is 5.16 Å². The molecule has 0 aromatic heterocycles. The van der Waals surface area contributed by atoms with Crippen molar-refractivity contribution in [2.75, 3.05) is 13.2 Å². The van der Waals surface area contributed by atoms with E-state index in [0.29, 0.717) is 6.61 Å². The van der Waals surface area contributed by atoms with Crippen molar-refractivity contribution in [3.8, 4) is 0 Å². The van der Waals surface area contributed by atoms with Gasteiger partial charge in [-0.25, -0.2) is 4.79 Å². The van der Waals surface area contributed by atoms with Crippen molar-refractivity contribution in [1.82, 2.24) is 0 Å². The van der Waals surface area contributed by atoms with E-state index in [0.717, 1.165) is 0 Å². The van der Waals surface area contributed by atoms with E-state index in [1.54, 1.807) is 13.8 Å². The maximum absolute atomic E-state index is 11.0. The summed E-state index contributed by atoms with van der Waals surface area (Å²) in [7, 11) is 0. The molecule has 0 saturated carbocycles. The summed E-state index contributed by atoms with van der Waals surface area (Å²) in [5.74, 6) is -1.21. The Bertz CT molecular complexity index is 222. The number of ether oxygens (including phenoxy) is 1. The van der Waals surface area contributed by atoms with Crippen LogP contribution in [0.5, 0.6) is 0 Å². The highest BCUT2D eigenvalue weighted by Gasteiger charge is 2.18. The van der Waals surface area contributed by atoms with Crippen molar-refractivity contribution in [3.63, 3.8) is 0 Å². The molecule has 0 amide bonds. The summed E-state index contributed by atoms with van der Waals surface area (Å²) in [5, 5.41) is 3.35. The first-order valence-electron chi connectivity index (χ1n) is 4.01. The van der Waals surface area contributed by atoms with Crippen molar-refractivity contribution >= 4 is 17.5 Å². The highest BCUT2D eigenvalue weighted by atomic mass is 16.6. The van der Waals surface area contributed by atoms with E-state index in [-0.39, 0.29) is 12.3 Å². The minimum absolute atomic E-state index is 0.206. The van der Waals surface area contributed by atoms with Crippen LogP contribution in [0.25, 0.3) is 0 Å². The van der Waals surface area contributed by atoms with Gasteiger partial charge in [-0.2, -0.15) is 0 Å². The predicted octanol–water partition coefficient (Wildman–Crippen LogP) is 0.531. The van der Waals surface area contributed by atoms with E-state index in [9.17, 15) is 9.59 Å². The lowest BCUT2D eigenvalue weighted by molar-refractivity contribution is -0.135. The molecule has 0 atom stereocenters. The van der Waals surface area contributed by atoms with Gasteiger partial charge in [0.2, 0.25) is 5.71 Å². The van der Waals surface area contributed by atoms with E-state index in [1.165, 1.54) is 6.92 Å². The van der Waals surface area contributed by atoms with Gasteiger partial charge in [-0.3, -0.25) is 4.79 Å². The Morgan fingerprint density at radius 3 is 2.23 bits per heavy atom. The average molecular weight is 187 g/mol. The summed E-state index contributed by atoms with van der Waals surface area (Å²) in [4.78, 5) is 26.5. The van der Waals surface area contributed by atoms with Crippen molar-refractivity contribution in [1.29, 1.82) is 0 Å². The van der Waals surface area contributed by atoms with E-state index < -0.39 is 11.8 Å². The zero-order valence-corrected chi connectivity index (χ0v) is 7.99. The lowest BCUT2D eigenvalue weighted by atomic mass is 10.3. The van der Waals surface area contributed by atoms with Gasteiger partial charge >= 0.3 is 5.97 Å². The third-order valence-corrected chi connectivity index (χ3v) is 1.09. The summed E-state index contributed by atoms with van der Waals surface area (Å²) >= 11 is 0. The summed E-state index contributed by atoms with van der Waals surface area (Å²) in [5.41, 5.74) is -0.302. The highest BCUT2D eigenvalue weighted by Crippen LogP contribution is 1.89. The maximum atomic E-state index is 11.0. The summed E-state index contributed by atoms with van der Waals surface area (Å²) in [6.07, 6.45) is 0. The van der Waals surface area contributed by atoms with Gasteiger partial charge in [0.1, 0.15) is 6.61 Å². The number of ketones is 1. The van der Waals surface area contributed by atoms with Gasteiger partial charge < -0.3 is 9.57 Å². The van der Waals surface area contributed by atoms with E-state index >= 15 is 0 Å². The Kier molecular flexibility index (Phi) is 5.50. The number of carbonyl (C=O) groups excluding carboxylic acids is 2. The average Bonchev–Trinajstić information content (AvgIpc) is 2.05. The largest absolute Gasteiger partial charge is 0.461 e. The molecule has 0 aliphatic rings. The molecular weight excluding hydrogens is 174 g/mol. The lowest BCUT2D eigenvalue weighted by Gasteiger charge is -2.01. The molecule has 0 saturated heterocycles. The SMILES string of the molecule is CCON=C(C(C)=O)C(=O)OCC. The van der Waals surface area contributed by atoms with Crippen molar-refractivity contribution in [2.45, 2.75) is 20.8 Å². The fourth-order valence-electron chi connectivity index (χ4n) is 0.574. The number of carbonyl (C=O) groups is 2. The van der Waals surface area contributed by atoms with Crippen LogP contribution in [0.4, 0.5) is 0 Å². The Labute approximate surface area is 76.7 Å². The third kappa shape index (κ3) is 4.25. The first-order valence-corrected chi connectivity index (χ1v) is 4.01. The van der Waals surface area contributed by atoms with Crippen molar-refractivity contribution < 1.29 is 19.2 Å². The second-order valence-corrected chi connectivity index (χ2v) is 2.13. The van der Waals surface area contributed by atoms with Crippen LogP contribution in [0.3, 0.4) is 0 Å². The topological polar surface area (TPSA) is 65.0 Å². The predicted molar refractivity (Wildman–Crippen MR) is 46.4 cm³/mol. The van der Waals surface area contributed by atoms with Gasteiger partial charge in [0.15, 0.2) is 5.78 Å². The molecule has 5 heteroatoms. The number of hydrogen-bond acceptors (Lipinski definition) is 5. The normalized spacial score (nSPS) is 10.8. The Morgan fingerprint density at radius 1 is 1.23 bits per heavy atom. The molecule has 5 nitrogen and oxygen atoms in total. The van der Waals surface area contributed by atoms with E-state index in [4.69, 9.17) is 0 Å². The zero-order valence-electron chi connectivity index (χ0n) is 7.99. The van der Waals surface area contributed by atoms with Gasteiger partial charge in [0.05, 0.1) is 6.61 Å². The maximum Gasteiger partial charge on any atom is 0.364 e. The fraction of sp³-hybridized carbons (Fsp3) is 0.625. The number of oxime groups is 1. The molecule has 0 radical (unpaired) electrons. The van der Waals surface area contributed by atoms with Crippen LogP contribution in [0.15, 0.2) is 5.16 Å². The van der Waals surface area contributed by atoms with Crippen molar-refractivity contribution in [2.24, 2.45) is 5.16 Å². The van der Waals surface area contributed by atoms with Gasteiger partial charge in [-0.05, 0) is 13.8 Å². The zero-order chi connectivity index (χ0) is 10.3. The third-order valence-electron chi connectivity index (χ3n) is 1.09. The number of esters is 1. The smallest absolute Gasteiger partial charge is 0.364 e. The molecule has 0 unspecified atom stereocenters. The summed E-state index contributed by atoms with van der Waals surface area (Å²) in [6.45, 7) is 5.09. The van der Waals surface area contributed by atoms with E-state index in [2.05, 4.69) is 14.7 Å². The molecule has 0 fully saturated rings. The fourth-order valence-corrected chi connectivity index (χ4v) is 0.574. The molecular formula is C8H13NO4. The molecule has 74 valence electrons. The van der Waals surface area contributed by atoms with Crippen LogP contribution in [0.2, 0.25) is 0 Å². The second-order valence-electron chi connectivity index (χ2n) is 2.13. The molecule has 0 spiro atoms. The van der Waals surface area contributed by atoms with Crippen LogP contribution in [-0.4, -0.2) is 30.7 Å². The van der Waals surface area contributed by atoms with Gasteiger partial charge in [0.25, 0.3) is 0 Å². The molecule has 0 aliphatic carbocycles. The first kappa shape index (κ1) is 11.6. The molecule has 0 bridgehead atoms. The number of nitrogens with zero attached hydrogens (tertiary/aromatic N) is 1. The van der Waals surface area contributed by atoms with Crippen LogP contribution >= 0.6 is 0 Å². The Balaban J connectivity index is 4.41. The van der Waals surface area contributed by atoms with E-state index in [1.807, 2.05) is 0 Å². The second kappa shape index (κ2) is 6.16. The monoisotopic (exact) mass is 187 g/mol. The number of hydrogen-bond donors (Lipinski definition) is 0. The quantitative estimate of drug-likeness (QED) is 0.272. The van der Waals surface area contributed by atoms with Gasteiger partial charge in [-0.15, -0.1) is 0 Å². The molecule has 0 aromatic rings. The van der Waals surface area contributed by atoms with Crippen molar-refractivity contribution in [3.05, 3.63) is 0 Å². The highest BCUT2D eigenvalue weighted by molar-refractivity contribution is 6.63. The summed E-state index contributed by atoms with van der Waals surface area (Å²) in [6, 6.07) is 0. The molecule has 0 rings (SSSR count). The first-order chi connectivity index (χ1) is 6.13. The standard InChI is InChI=1S/C8H13NO4/c1-4-12-8(11)7(6(3)10)9-13-5-2/h4-5H2,1-3H3. The summed E-state index contributed by atoms with van der Waals surface area (Å²) < 4.78 is 4.59. The minimum atomic E-state index is -0.747. The van der Waals surface area contributed by atoms with Crippen LogP contribution in [0, 0.1) is 0 Å². The Morgan fingerprint density at radius 2 is 1.85 bits per heavy atom. The van der Waals surface area contributed by atoms with Crippen LogP contribution < -0.4 is 0 Å². The van der Waals surface area contributed by atoms with Gasteiger partial charge in [0, 0.05) is 6.92 Å². The van der Waals surface area contributed by atoms with Crippen LogP contribution in [0.1, 0.15) is 20.8 Å². The molecule has 0 heterocycles. The molecule has 0 N–H and O–H groups in total. The Hall–Kier alpha value is -1.39. The molecule has 13 heavy (non-hydrogen) atoms. The minimum Gasteiger partial charge on any atom is -0.461 e.